The van der Waals surface area contributed by atoms with Gasteiger partial charge in [0.15, 0.2) is 12.0 Å². The lowest BCUT2D eigenvalue weighted by Gasteiger charge is -2.24. The summed E-state index contributed by atoms with van der Waals surface area (Å²) in [5.41, 5.74) is 15.8. The number of nitrogens with two attached hydrogens (primary N) is 3. The zero-order valence-electron chi connectivity index (χ0n) is 17.0. The van der Waals surface area contributed by atoms with Crippen molar-refractivity contribution in [2.75, 3.05) is 19.8 Å². The molecule has 0 aromatic heterocycles. The SMILES string of the molecule is CC(O)C(NC(=O)C(CO)NC(=O)C(CCCN=C(N)N)NC(=O)C(N)CO)C(=O)O. The van der Waals surface area contributed by atoms with Gasteiger partial charge in [0.25, 0.3) is 0 Å². The Balaban J connectivity index is 5.26. The second-order valence-electron chi connectivity index (χ2n) is 6.61. The van der Waals surface area contributed by atoms with Gasteiger partial charge in [-0.25, -0.2) is 4.79 Å². The molecule has 0 bridgehead atoms. The van der Waals surface area contributed by atoms with Gasteiger partial charge < -0.3 is 53.6 Å². The van der Waals surface area contributed by atoms with Crippen LogP contribution in [0.15, 0.2) is 4.99 Å². The van der Waals surface area contributed by atoms with E-state index in [0.717, 1.165) is 6.92 Å². The number of amides is 3. The van der Waals surface area contributed by atoms with Crippen LogP contribution in [-0.4, -0.2) is 100 Å². The van der Waals surface area contributed by atoms with Crippen LogP contribution in [0.1, 0.15) is 19.8 Å². The second-order valence-corrected chi connectivity index (χ2v) is 6.61. The van der Waals surface area contributed by atoms with E-state index in [-0.39, 0.29) is 25.3 Å². The van der Waals surface area contributed by atoms with Crippen LogP contribution in [0.5, 0.6) is 0 Å². The third kappa shape index (κ3) is 10.5. The lowest BCUT2D eigenvalue weighted by atomic mass is 10.1. The Morgan fingerprint density at radius 2 is 1.48 bits per heavy atom. The Morgan fingerprint density at radius 3 is 1.94 bits per heavy atom. The number of nitrogens with one attached hydrogen (secondary N) is 3. The van der Waals surface area contributed by atoms with Gasteiger partial charge in [0.05, 0.1) is 19.3 Å². The molecule has 15 nitrogen and oxygen atoms in total. The van der Waals surface area contributed by atoms with E-state index in [9.17, 15) is 29.4 Å². The maximum atomic E-state index is 12.6. The Morgan fingerprint density at radius 1 is 0.935 bits per heavy atom. The molecule has 0 radical (unpaired) electrons. The molecule has 0 fully saturated rings. The number of hydrogen-bond acceptors (Lipinski definition) is 9. The van der Waals surface area contributed by atoms with Crippen LogP contribution in [-0.2, 0) is 19.2 Å². The topological polar surface area (TPSA) is 276 Å². The highest BCUT2D eigenvalue weighted by Crippen LogP contribution is 2.02. The first-order chi connectivity index (χ1) is 14.4. The second kappa shape index (κ2) is 14.1. The first-order valence-corrected chi connectivity index (χ1v) is 9.29. The van der Waals surface area contributed by atoms with Crippen molar-refractivity contribution in [3.05, 3.63) is 0 Å². The fourth-order valence-electron chi connectivity index (χ4n) is 2.24. The first-order valence-electron chi connectivity index (χ1n) is 9.29. The Hall–Kier alpha value is -3.01. The van der Waals surface area contributed by atoms with Gasteiger partial charge in [-0.2, -0.15) is 0 Å². The quantitative estimate of drug-likeness (QED) is 0.0677. The first kappa shape index (κ1) is 28.0. The summed E-state index contributed by atoms with van der Waals surface area (Å²) >= 11 is 0. The van der Waals surface area contributed by atoms with E-state index in [2.05, 4.69) is 15.6 Å². The summed E-state index contributed by atoms with van der Waals surface area (Å²) in [4.78, 5) is 51.6. The highest BCUT2D eigenvalue weighted by molar-refractivity contribution is 5.94. The number of aliphatic carboxylic acids is 1. The molecule has 0 saturated heterocycles. The standard InChI is InChI=1S/C16H31N7O8/c1-7(26)11(15(30)31)23-14(29)10(6-25)22-13(28)9(3-2-4-20-16(18)19)21-12(27)8(17)5-24/h7-11,24-26H,2-6,17H2,1H3,(H,21,27)(H,22,28)(H,23,29)(H,30,31)(H4,18,19,20). The van der Waals surface area contributed by atoms with Crippen molar-refractivity contribution in [1.29, 1.82) is 0 Å². The van der Waals surface area contributed by atoms with E-state index in [1.165, 1.54) is 0 Å². The number of aliphatic hydroxyl groups excluding tert-OH is 3. The van der Waals surface area contributed by atoms with E-state index < -0.39 is 67.2 Å². The van der Waals surface area contributed by atoms with Crippen molar-refractivity contribution in [3.63, 3.8) is 0 Å². The predicted molar refractivity (Wildman–Crippen MR) is 107 cm³/mol. The molecule has 0 heterocycles. The van der Waals surface area contributed by atoms with Crippen LogP contribution in [0.2, 0.25) is 0 Å². The molecule has 3 amide bonds. The molecule has 13 N–H and O–H groups in total. The molecule has 0 spiro atoms. The largest absolute Gasteiger partial charge is 0.480 e. The van der Waals surface area contributed by atoms with Crippen molar-refractivity contribution in [2.45, 2.75) is 50.0 Å². The minimum atomic E-state index is -1.67. The molecule has 5 atom stereocenters. The lowest BCUT2D eigenvalue weighted by Crippen LogP contribution is -2.59. The summed E-state index contributed by atoms with van der Waals surface area (Å²) < 4.78 is 0. The summed E-state index contributed by atoms with van der Waals surface area (Å²) in [5, 5.41) is 43.3. The number of rotatable bonds is 14. The molecular weight excluding hydrogens is 418 g/mol. The van der Waals surface area contributed by atoms with Crippen LogP contribution in [0, 0.1) is 0 Å². The Bertz CT molecular complexity index is 654. The van der Waals surface area contributed by atoms with Crippen LogP contribution in [0.4, 0.5) is 0 Å². The summed E-state index contributed by atoms with van der Waals surface area (Å²) in [6, 6.07) is -5.77. The van der Waals surface area contributed by atoms with Gasteiger partial charge in [-0.15, -0.1) is 0 Å². The zero-order chi connectivity index (χ0) is 24.1. The summed E-state index contributed by atoms with van der Waals surface area (Å²) in [6.45, 7) is -0.301. The van der Waals surface area contributed by atoms with Gasteiger partial charge in [-0.05, 0) is 19.8 Å². The number of nitrogens with zero attached hydrogens (tertiary/aromatic N) is 1. The number of carbonyl (C=O) groups is 4. The van der Waals surface area contributed by atoms with E-state index in [1.54, 1.807) is 0 Å². The number of aliphatic hydroxyl groups is 3. The van der Waals surface area contributed by atoms with Gasteiger partial charge in [-0.1, -0.05) is 0 Å². The van der Waals surface area contributed by atoms with Gasteiger partial charge >= 0.3 is 5.97 Å². The van der Waals surface area contributed by atoms with Gasteiger partial charge in [0.2, 0.25) is 17.7 Å². The highest BCUT2D eigenvalue weighted by Gasteiger charge is 2.31. The summed E-state index contributed by atoms with van der Waals surface area (Å²) in [7, 11) is 0. The number of hydrogen-bond donors (Lipinski definition) is 10. The predicted octanol–water partition coefficient (Wildman–Crippen LogP) is -5.73. The Labute approximate surface area is 178 Å². The maximum Gasteiger partial charge on any atom is 0.328 e. The van der Waals surface area contributed by atoms with E-state index in [0.29, 0.717) is 0 Å². The van der Waals surface area contributed by atoms with Crippen molar-refractivity contribution in [1.82, 2.24) is 16.0 Å². The average molecular weight is 449 g/mol. The molecule has 5 unspecified atom stereocenters. The molecule has 178 valence electrons. The molecule has 0 rings (SSSR count). The summed E-state index contributed by atoms with van der Waals surface area (Å²) in [6.07, 6.45) is -1.19. The lowest BCUT2D eigenvalue weighted by molar-refractivity contribution is -0.145. The third-order valence-electron chi connectivity index (χ3n) is 3.97. The number of carbonyl (C=O) groups excluding carboxylic acids is 3. The minimum absolute atomic E-state index is 0.0116. The average Bonchev–Trinajstić information content (AvgIpc) is 2.70. The smallest absolute Gasteiger partial charge is 0.328 e. The van der Waals surface area contributed by atoms with E-state index in [4.69, 9.17) is 27.4 Å². The maximum absolute atomic E-state index is 12.6. The van der Waals surface area contributed by atoms with Crippen LogP contribution in [0.3, 0.4) is 0 Å². The fourth-order valence-corrected chi connectivity index (χ4v) is 2.24. The number of guanidine groups is 1. The molecule has 0 aliphatic heterocycles. The molecule has 0 aromatic carbocycles. The Kier molecular flexibility index (Phi) is 12.7. The third-order valence-corrected chi connectivity index (χ3v) is 3.97. The van der Waals surface area contributed by atoms with Crippen molar-refractivity contribution in [2.24, 2.45) is 22.2 Å². The fraction of sp³-hybridized carbons (Fsp3) is 0.688. The number of aliphatic imine (C=N–C) groups is 1. The molecule has 0 aromatic rings. The normalized spacial score (nSPS) is 15.5. The highest BCUT2D eigenvalue weighted by atomic mass is 16.4. The molecule has 15 heteroatoms. The van der Waals surface area contributed by atoms with Gasteiger partial charge in [-0.3, -0.25) is 19.4 Å². The van der Waals surface area contributed by atoms with E-state index >= 15 is 0 Å². The summed E-state index contributed by atoms with van der Waals surface area (Å²) in [5.74, 6) is -4.48. The minimum Gasteiger partial charge on any atom is -0.480 e. The van der Waals surface area contributed by atoms with Crippen LogP contribution in [0.25, 0.3) is 0 Å². The zero-order valence-corrected chi connectivity index (χ0v) is 17.0. The van der Waals surface area contributed by atoms with E-state index in [1.807, 2.05) is 5.32 Å². The monoisotopic (exact) mass is 449 g/mol. The molecule has 0 aliphatic carbocycles. The van der Waals surface area contributed by atoms with Gasteiger partial charge in [0, 0.05) is 6.54 Å². The molecule has 31 heavy (non-hydrogen) atoms. The number of carboxylic acid groups (broad SMARTS) is 1. The molecule has 0 saturated carbocycles. The van der Waals surface area contributed by atoms with Crippen LogP contribution < -0.4 is 33.2 Å². The van der Waals surface area contributed by atoms with Gasteiger partial charge in [0.1, 0.15) is 18.1 Å². The van der Waals surface area contributed by atoms with Crippen molar-refractivity contribution < 1.29 is 39.6 Å². The van der Waals surface area contributed by atoms with Crippen molar-refractivity contribution >= 4 is 29.7 Å². The molecule has 0 aliphatic rings. The van der Waals surface area contributed by atoms with Crippen molar-refractivity contribution in [3.8, 4) is 0 Å². The molecular formula is C16H31N7O8. The number of carboxylic acids is 1. The van der Waals surface area contributed by atoms with Crippen LogP contribution >= 0.6 is 0 Å².